The standard InChI is InChI=1S/C12H7ClF2N2O2/c13-7-1-8(14)3-10(2-7)16-11-4-9(15)5-12(6-11)17(18)19/h1-6,16H. The number of nitro groups is 1. The summed E-state index contributed by atoms with van der Waals surface area (Å²) in [6, 6.07) is 6.67. The molecule has 1 N–H and O–H groups in total. The van der Waals surface area contributed by atoms with Crippen LogP contribution in [0, 0.1) is 21.7 Å². The molecule has 0 aliphatic carbocycles. The third-order valence-electron chi connectivity index (χ3n) is 2.24. The first-order valence-corrected chi connectivity index (χ1v) is 5.50. The van der Waals surface area contributed by atoms with Gasteiger partial charge in [-0.3, -0.25) is 10.1 Å². The lowest BCUT2D eigenvalue weighted by Gasteiger charge is -2.07. The molecule has 0 heterocycles. The van der Waals surface area contributed by atoms with Gasteiger partial charge in [0.2, 0.25) is 0 Å². The van der Waals surface area contributed by atoms with Gasteiger partial charge in [0.15, 0.2) is 0 Å². The van der Waals surface area contributed by atoms with Crippen LogP contribution in [-0.2, 0) is 0 Å². The Bertz CT molecular complexity index is 629. The minimum absolute atomic E-state index is 0.133. The van der Waals surface area contributed by atoms with Gasteiger partial charge in [0.05, 0.1) is 11.0 Å². The van der Waals surface area contributed by atoms with Gasteiger partial charge in [-0.1, -0.05) is 11.6 Å². The van der Waals surface area contributed by atoms with Crippen LogP contribution in [0.1, 0.15) is 0 Å². The Morgan fingerprint density at radius 2 is 1.58 bits per heavy atom. The van der Waals surface area contributed by atoms with E-state index in [1.807, 2.05) is 0 Å². The Hall–Kier alpha value is -2.21. The van der Waals surface area contributed by atoms with Crippen molar-refractivity contribution >= 4 is 28.7 Å². The highest BCUT2D eigenvalue weighted by molar-refractivity contribution is 6.30. The quantitative estimate of drug-likeness (QED) is 0.676. The van der Waals surface area contributed by atoms with Crippen molar-refractivity contribution in [1.82, 2.24) is 0 Å². The summed E-state index contributed by atoms with van der Waals surface area (Å²) >= 11 is 5.67. The molecule has 0 radical (unpaired) electrons. The van der Waals surface area contributed by atoms with Crippen LogP contribution in [0.25, 0.3) is 0 Å². The van der Waals surface area contributed by atoms with Crippen LogP contribution in [-0.4, -0.2) is 4.92 Å². The van der Waals surface area contributed by atoms with E-state index >= 15 is 0 Å². The zero-order valence-corrected chi connectivity index (χ0v) is 10.1. The number of nitrogens with one attached hydrogen (secondary N) is 1. The van der Waals surface area contributed by atoms with Crippen LogP contribution in [0.4, 0.5) is 25.8 Å². The van der Waals surface area contributed by atoms with Gasteiger partial charge in [-0.25, -0.2) is 8.78 Å². The molecular formula is C12H7ClF2N2O2. The van der Waals surface area contributed by atoms with E-state index in [1.54, 1.807) is 0 Å². The second-order valence-electron chi connectivity index (χ2n) is 3.74. The van der Waals surface area contributed by atoms with E-state index in [0.29, 0.717) is 0 Å². The van der Waals surface area contributed by atoms with Crippen molar-refractivity contribution in [3.63, 3.8) is 0 Å². The Labute approximate surface area is 111 Å². The highest BCUT2D eigenvalue weighted by atomic mass is 35.5. The summed E-state index contributed by atoms with van der Waals surface area (Å²) in [7, 11) is 0. The number of hydrogen-bond donors (Lipinski definition) is 1. The fourth-order valence-corrected chi connectivity index (χ4v) is 1.77. The molecule has 0 atom stereocenters. The summed E-state index contributed by atoms with van der Waals surface area (Å²) in [5.41, 5.74) is 0.00302. The number of anilines is 2. The Morgan fingerprint density at radius 1 is 1.00 bits per heavy atom. The largest absolute Gasteiger partial charge is 0.355 e. The number of benzene rings is 2. The third kappa shape index (κ3) is 3.38. The van der Waals surface area contributed by atoms with E-state index in [9.17, 15) is 18.9 Å². The Balaban J connectivity index is 2.35. The SMILES string of the molecule is O=[N+]([O-])c1cc(F)cc(Nc2cc(F)cc(Cl)c2)c1. The van der Waals surface area contributed by atoms with Gasteiger partial charge in [-0.2, -0.15) is 0 Å². The molecule has 4 nitrogen and oxygen atoms in total. The Kier molecular flexibility index (Phi) is 3.62. The lowest BCUT2D eigenvalue weighted by molar-refractivity contribution is -0.385. The topological polar surface area (TPSA) is 55.2 Å². The van der Waals surface area contributed by atoms with Crippen LogP contribution >= 0.6 is 11.6 Å². The summed E-state index contributed by atoms with van der Waals surface area (Å²) < 4.78 is 26.3. The Morgan fingerprint density at radius 3 is 2.16 bits per heavy atom. The van der Waals surface area contributed by atoms with Crippen molar-refractivity contribution in [2.45, 2.75) is 0 Å². The van der Waals surface area contributed by atoms with Crippen LogP contribution in [0.5, 0.6) is 0 Å². The zero-order valence-electron chi connectivity index (χ0n) is 9.36. The van der Waals surface area contributed by atoms with Crippen molar-refractivity contribution < 1.29 is 13.7 Å². The maximum absolute atomic E-state index is 13.2. The lowest BCUT2D eigenvalue weighted by atomic mass is 10.2. The molecule has 0 amide bonds. The molecule has 0 fully saturated rings. The van der Waals surface area contributed by atoms with Gasteiger partial charge >= 0.3 is 0 Å². The molecule has 0 aliphatic heterocycles. The zero-order chi connectivity index (χ0) is 14.0. The van der Waals surface area contributed by atoms with Crippen molar-refractivity contribution in [2.24, 2.45) is 0 Å². The molecule has 0 unspecified atom stereocenters. The first-order chi connectivity index (χ1) is 8.94. The van der Waals surface area contributed by atoms with E-state index in [-0.39, 0.29) is 16.4 Å². The molecule has 19 heavy (non-hydrogen) atoms. The highest BCUT2D eigenvalue weighted by Gasteiger charge is 2.10. The fraction of sp³-hybridized carbons (Fsp3) is 0. The van der Waals surface area contributed by atoms with E-state index < -0.39 is 22.2 Å². The van der Waals surface area contributed by atoms with Gasteiger partial charge < -0.3 is 5.32 Å². The second-order valence-corrected chi connectivity index (χ2v) is 4.17. The number of nitro benzene ring substituents is 1. The molecule has 2 aromatic rings. The maximum Gasteiger partial charge on any atom is 0.274 e. The van der Waals surface area contributed by atoms with Crippen molar-refractivity contribution in [3.8, 4) is 0 Å². The van der Waals surface area contributed by atoms with E-state index in [1.165, 1.54) is 6.07 Å². The molecule has 0 aliphatic rings. The van der Waals surface area contributed by atoms with Crippen LogP contribution in [0.15, 0.2) is 36.4 Å². The molecular weight excluding hydrogens is 278 g/mol. The average molecular weight is 285 g/mol. The van der Waals surface area contributed by atoms with Crippen molar-refractivity contribution in [1.29, 1.82) is 0 Å². The first kappa shape index (κ1) is 13.2. The van der Waals surface area contributed by atoms with Gasteiger partial charge in [0.25, 0.3) is 5.69 Å². The first-order valence-electron chi connectivity index (χ1n) is 5.12. The molecule has 2 rings (SSSR count). The van der Waals surface area contributed by atoms with Gasteiger partial charge in [0.1, 0.15) is 11.6 Å². The highest BCUT2D eigenvalue weighted by Crippen LogP contribution is 2.25. The normalized spacial score (nSPS) is 10.3. The van der Waals surface area contributed by atoms with Crippen molar-refractivity contribution in [2.75, 3.05) is 5.32 Å². The second kappa shape index (κ2) is 5.19. The lowest BCUT2D eigenvalue weighted by Crippen LogP contribution is -1.95. The van der Waals surface area contributed by atoms with E-state index in [4.69, 9.17) is 11.6 Å². The number of rotatable bonds is 3. The molecule has 0 aromatic heterocycles. The van der Waals surface area contributed by atoms with Crippen LogP contribution in [0.3, 0.4) is 0 Å². The molecule has 7 heteroatoms. The predicted octanol–water partition coefficient (Wildman–Crippen LogP) is 4.27. The van der Waals surface area contributed by atoms with Crippen molar-refractivity contribution in [3.05, 3.63) is 63.2 Å². The van der Waals surface area contributed by atoms with Gasteiger partial charge in [0, 0.05) is 22.5 Å². The summed E-state index contributed by atoms with van der Waals surface area (Å²) in [6.45, 7) is 0. The predicted molar refractivity (Wildman–Crippen MR) is 67.7 cm³/mol. The van der Waals surface area contributed by atoms with Crippen LogP contribution < -0.4 is 5.32 Å². The third-order valence-corrected chi connectivity index (χ3v) is 2.46. The number of hydrogen-bond acceptors (Lipinski definition) is 3. The molecule has 0 saturated carbocycles. The summed E-state index contributed by atoms with van der Waals surface area (Å²) in [4.78, 5) is 9.88. The van der Waals surface area contributed by atoms with Crippen LogP contribution in [0.2, 0.25) is 5.02 Å². The minimum Gasteiger partial charge on any atom is -0.355 e. The smallest absolute Gasteiger partial charge is 0.274 e. The number of non-ortho nitro benzene ring substituents is 1. The number of halogens is 3. The number of nitrogens with zero attached hydrogens (tertiary/aromatic N) is 1. The fourth-order valence-electron chi connectivity index (χ4n) is 1.54. The van der Waals surface area contributed by atoms with E-state index in [2.05, 4.69) is 5.32 Å². The molecule has 0 bridgehead atoms. The monoisotopic (exact) mass is 284 g/mol. The molecule has 0 spiro atoms. The average Bonchev–Trinajstić information content (AvgIpc) is 2.26. The minimum atomic E-state index is -0.765. The molecule has 0 saturated heterocycles. The van der Waals surface area contributed by atoms with E-state index in [0.717, 1.165) is 30.3 Å². The molecule has 98 valence electrons. The summed E-state index contributed by atoms with van der Waals surface area (Å²) in [5.74, 6) is -1.33. The van der Waals surface area contributed by atoms with Gasteiger partial charge in [-0.05, 0) is 24.3 Å². The van der Waals surface area contributed by atoms with Gasteiger partial charge in [-0.15, -0.1) is 0 Å². The molecule has 2 aromatic carbocycles. The summed E-state index contributed by atoms with van der Waals surface area (Å²) in [5, 5.41) is 13.4. The maximum atomic E-state index is 13.2. The summed E-state index contributed by atoms with van der Waals surface area (Å²) in [6.07, 6.45) is 0.